The van der Waals surface area contributed by atoms with Gasteiger partial charge in [-0.3, -0.25) is 24.0 Å². The Morgan fingerprint density at radius 2 is 1.88 bits per heavy atom. The average Bonchev–Trinajstić information content (AvgIpc) is 2.77. The lowest BCUT2D eigenvalue weighted by atomic mass is 9.96. The Morgan fingerprint density at radius 3 is 2.44 bits per heavy atom. The zero-order valence-electron chi connectivity index (χ0n) is 18.1. The Kier molecular flexibility index (Phi) is 8.71. The number of rotatable bonds is 9. The van der Waals surface area contributed by atoms with Gasteiger partial charge in [-0.25, -0.2) is 0 Å². The first kappa shape index (κ1) is 24.8. The fourth-order valence-corrected chi connectivity index (χ4v) is 3.55. The van der Waals surface area contributed by atoms with Gasteiger partial charge in [0.05, 0.1) is 19.6 Å². The van der Waals surface area contributed by atoms with Crippen LogP contribution in [0, 0.1) is 5.92 Å². The molecule has 0 bridgehead atoms. The van der Waals surface area contributed by atoms with Crippen molar-refractivity contribution < 1.29 is 33.8 Å². The Morgan fingerprint density at radius 1 is 1.22 bits per heavy atom. The Balaban J connectivity index is 2.09. The highest BCUT2D eigenvalue weighted by Gasteiger charge is 2.43. The molecule has 1 aliphatic rings. The van der Waals surface area contributed by atoms with E-state index in [2.05, 4.69) is 5.32 Å². The van der Waals surface area contributed by atoms with E-state index in [9.17, 15) is 24.0 Å². The number of aliphatic carboxylic acids is 1. The minimum absolute atomic E-state index is 0.00217. The molecule has 4 N–H and O–H groups in total. The molecule has 11 heteroatoms. The van der Waals surface area contributed by atoms with Gasteiger partial charge in [-0.1, -0.05) is 12.1 Å². The normalized spacial score (nSPS) is 17.0. The summed E-state index contributed by atoms with van der Waals surface area (Å²) in [5.74, 6) is -4.62. The van der Waals surface area contributed by atoms with E-state index in [1.807, 2.05) is 0 Å². The average molecular weight is 448 g/mol. The van der Waals surface area contributed by atoms with Crippen molar-refractivity contribution in [3.05, 3.63) is 35.4 Å². The SMILES string of the molecule is COC(=O)C(C)[C@H]1C(=O)N(CC(=O)O)CCN1C(=O)CNC(=O)c1ccc(CCN)cc1. The van der Waals surface area contributed by atoms with Crippen LogP contribution in [-0.4, -0.2) is 90.4 Å². The second kappa shape index (κ2) is 11.2. The van der Waals surface area contributed by atoms with Crippen LogP contribution in [-0.2, 0) is 30.3 Å². The number of carbonyl (C=O) groups is 5. The zero-order valence-corrected chi connectivity index (χ0v) is 18.1. The number of esters is 1. The number of hydrogen-bond acceptors (Lipinski definition) is 7. The van der Waals surface area contributed by atoms with E-state index in [1.165, 1.54) is 11.8 Å². The molecule has 1 aliphatic heterocycles. The number of amides is 3. The maximum Gasteiger partial charge on any atom is 0.323 e. The van der Waals surface area contributed by atoms with Crippen LogP contribution in [0.25, 0.3) is 0 Å². The highest BCUT2D eigenvalue weighted by molar-refractivity contribution is 5.98. The number of piperazine rings is 1. The lowest BCUT2D eigenvalue weighted by Crippen LogP contribution is -2.63. The van der Waals surface area contributed by atoms with Crippen LogP contribution in [0.1, 0.15) is 22.8 Å². The predicted molar refractivity (Wildman–Crippen MR) is 112 cm³/mol. The second-order valence-electron chi connectivity index (χ2n) is 7.42. The molecule has 2 atom stereocenters. The van der Waals surface area contributed by atoms with Crippen molar-refractivity contribution in [3.63, 3.8) is 0 Å². The van der Waals surface area contributed by atoms with Crippen LogP contribution in [0.15, 0.2) is 24.3 Å². The maximum absolute atomic E-state index is 12.8. The number of hydrogen-bond donors (Lipinski definition) is 3. The molecule has 174 valence electrons. The molecule has 0 aromatic heterocycles. The van der Waals surface area contributed by atoms with E-state index >= 15 is 0 Å². The molecule has 1 aromatic carbocycles. The summed E-state index contributed by atoms with van der Waals surface area (Å²) >= 11 is 0. The topological polar surface area (TPSA) is 159 Å². The molecule has 0 radical (unpaired) electrons. The van der Waals surface area contributed by atoms with Gasteiger partial charge in [-0.05, 0) is 37.6 Å². The summed E-state index contributed by atoms with van der Waals surface area (Å²) in [6.45, 7) is 1.01. The van der Waals surface area contributed by atoms with Gasteiger partial charge in [0.1, 0.15) is 12.6 Å². The van der Waals surface area contributed by atoms with Crippen LogP contribution < -0.4 is 11.1 Å². The van der Waals surface area contributed by atoms with Crippen molar-refractivity contribution in [3.8, 4) is 0 Å². The number of methoxy groups -OCH3 is 1. The number of carbonyl (C=O) groups excluding carboxylic acids is 4. The predicted octanol–water partition coefficient (Wildman–Crippen LogP) is -1.15. The number of carboxylic acid groups (broad SMARTS) is 1. The number of nitrogens with one attached hydrogen (secondary N) is 1. The van der Waals surface area contributed by atoms with Crippen LogP contribution in [0.2, 0.25) is 0 Å². The fourth-order valence-electron chi connectivity index (χ4n) is 3.55. The third-order valence-corrected chi connectivity index (χ3v) is 5.25. The quantitative estimate of drug-likeness (QED) is 0.399. The van der Waals surface area contributed by atoms with Crippen molar-refractivity contribution in [1.82, 2.24) is 15.1 Å². The lowest BCUT2D eigenvalue weighted by molar-refractivity contribution is -0.162. The standard InChI is InChI=1S/C21H28N4O7/c1-13(21(31)32-2)18-20(30)24(12-17(27)28)9-10-25(18)16(26)11-23-19(29)15-5-3-14(4-6-15)7-8-22/h3-6,13,18H,7-12,22H2,1-2H3,(H,23,29)(H,27,28)/t13?,18-/m0/s1. The first-order valence-electron chi connectivity index (χ1n) is 10.1. The Labute approximate surface area is 185 Å². The number of ether oxygens (including phenoxy) is 1. The molecular weight excluding hydrogens is 420 g/mol. The third kappa shape index (κ3) is 6.03. The Bertz CT molecular complexity index is 871. The van der Waals surface area contributed by atoms with Gasteiger partial charge in [0.2, 0.25) is 11.8 Å². The first-order valence-corrected chi connectivity index (χ1v) is 10.1. The molecule has 1 unspecified atom stereocenters. The van der Waals surface area contributed by atoms with Gasteiger partial charge < -0.3 is 30.7 Å². The number of benzene rings is 1. The number of carboxylic acids is 1. The summed E-state index contributed by atoms with van der Waals surface area (Å²) in [5.41, 5.74) is 6.85. The van der Waals surface area contributed by atoms with E-state index in [0.29, 0.717) is 18.5 Å². The molecule has 1 fully saturated rings. The van der Waals surface area contributed by atoms with E-state index in [1.54, 1.807) is 24.3 Å². The van der Waals surface area contributed by atoms with E-state index in [-0.39, 0.29) is 19.6 Å². The minimum atomic E-state index is -1.23. The minimum Gasteiger partial charge on any atom is -0.480 e. The highest BCUT2D eigenvalue weighted by atomic mass is 16.5. The molecule has 1 heterocycles. The lowest BCUT2D eigenvalue weighted by Gasteiger charge is -2.41. The second-order valence-corrected chi connectivity index (χ2v) is 7.42. The van der Waals surface area contributed by atoms with Crippen molar-refractivity contribution in [1.29, 1.82) is 0 Å². The third-order valence-electron chi connectivity index (χ3n) is 5.25. The molecule has 1 saturated heterocycles. The molecule has 32 heavy (non-hydrogen) atoms. The van der Waals surface area contributed by atoms with Gasteiger partial charge in [0.15, 0.2) is 0 Å². The van der Waals surface area contributed by atoms with E-state index in [4.69, 9.17) is 15.6 Å². The summed E-state index contributed by atoms with van der Waals surface area (Å²) in [7, 11) is 1.16. The summed E-state index contributed by atoms with van der Waals surface area (Å²) < 4.78 is 4.70. The molecule has 1 aromatic rings. The number of nitrogens with two attached hydrogens (primary N) is 1. The summed E-state index contributed by atoms with van der Waals surface area (Å²) in [5, 5.41) is 11.5. The summed E-state index contributed by atoms with van der Waals surface area (Å²) in [6, 6.07) is 5.58. The molecular formula is C21H28N4O7. The first-order chi connectivity index (χ1) is 15.2. The zero-order chi connectivity index (χ0) is 23.8. The van der Waals surface area contributed by atoms with Crippen molar-refractivity contribution >= 4 is 29.7 Å². The monoisotopic (exact) mass is 448 g/mol. The summed E-state index contributed by atoms with van der Waals surface area (Å²) in [6.07, 6.45) is 0.683. The van der Waals surface area contributed by atoms with Gasteiger partial charge >= 0.3 is 11.9 Å². The Hall–Kier alpha value is -3.47. The van der Waals surface area contributed by atoms with E-state index < -0.39 is 48.2 Å². The number of nitrogens with zero attached hydrogens (tertiary/aromatic N) is 2. The largest absolute Gasteiger partial charge is 0.480 e. The van der Waals surface area contributed by atoms with Crippen LogP contribution in [0.5, 0.6) is 0 Å². The van der Waals surface area contributed by atoms with Crippen LogP contribution in [0.4, 0.5) is 0 Å². The molecule has 3 amide bonds. The van der Waals surface area contributed by atoms with Gasteiger partial charge in [0.25, 0.3) is 5.91 Å². The van der Waals surface area contributed by atoms with Crippen molar-refractivity contribution in [2.24, 2.45) is 11.7 Å². The van der Waals surface area contributed by atoms with Crippen LogP contribution >= 0.6 is 0 Å². The smallest absolute Gasteiger partial charge is 0.323 e. The fraction of sp³-hybridized carbons (Fsp3) is 0.476. The molecule has 0 spiro atoms. The summed E-state index contributed by atoms with van der Waals surface area (Å²) in [4.78, 5) is 63.4. The van der Waals surface area contributed by atoms with Gasteiger partial charge in [0, 0.05) is 18.7 Å². The van der Waals surface area contributed by atoms with Gasteiger partial charge in [-0.2, -0.15) is 0 Å². The van der Waals surface area contributed by atoms with Crippen molar-refractivity contribution in [2.75, 3.05) is 39.8 Å². The molecule has 11 nitrogen and oxygen atoms in total. The van der Waals surface area contributed by atoms with Gasteiger partial charge in [-0.15, -0.1) is 0 Å². The molecule has 2 rings (SSSR count). The van der Waals surface area contributed by atoms with Crippen molar-refractivity contribution in [2.45, 2.75) is 19.4 Å². The van der Waals surface area contributed by atoms with E-state index in [0.717, 1.165) is 17.6 Å². The highest BCUT2D eigenvalue weighted by Crippen LogP contribution is 2.20. The van der Waals surface area contributed by atoms with Crippen LogP contribution in [0.3, 0.4) is 0 Å². The molecule has 0 aliphatic carbocycles. The maximum atomic E-state index is 12.8. The molecule has 0 saturated carbocycles.